The number of aliphatic hydroxyl groups excluding tert-OH is 1. The van der Waals surface area contributed by atoms with Crippen LogP contribution in [0.25, 0.3) is 0 Å². The summed E-state index contributed by atoms with van der Waals surface area (Å²) in [6.07, 6.45) is 40.3. The highest BCUT2D eigenvalue weighted by molar-refractivity contribution is 4.82. The molecule has 3 nitrogen and oxygen atoms in total. The first-order chi connectivity index (χ1) is 19.8. The van der Waals surface area contributed by atoms with Crippen LogP contribution in [0.5, 0.6) is 0 Å². The lowest BCUT2D eigenvalue weighted by molar-refractivity contribution is -0.0832. The third-order valence-electron chi connectivity index (χ3n) is 8.21. The van der Waals surface area contributed by atoms with Crippen LogP contribution in [0.2, 0.25) is 0 Å². The second-order valence-electron chi connectivity index (χ2n) is 12.3. The lowest BCUT2D eigenvalue weighted by atomic mass is 10.0. The van der Waals surface area contributed by atoms with E-state index in [4.69, 9.17) is 9.47 Å². The van der Waals surface area contributed by atoms with Gasteiger partial charge >= 0.3 is 0 Å². The van der Waals surface area contributed by atoms with Crippen LogP contribution in [0.4, 0.5) is 0 Å². The van der Waals surface area contributed by atoms with E-state index in [1.54, 1.807) is 0 Å². The molecule has 0 aromatic carbocycles. The minimum Gasteiger partial charge on any atom is -0.394 e. The second-order valence-corrected chi connectivity index (χ2v) is 12.3. The van der Waals surface area contributed by atoms with Gasteiger partial charge in [0.25, 0.3) is 0 Å². The molecule has 0 saturated carbocycles. The fourth-order valence-corrected chi connectivity index (χ4v) is 5.48. The Morgan fingerprint density at radius 3 is 1.45 bits per heavy atom. The summed E-state index contributed by atoms with van der Waals surface area (Å²) in [6.45, 7) is 8.18. The molecule has 40 heavy (non-hydrogen) atoms. The molecule has 240 valence electrons. The van der Waals surface area contributed by atoms with Crippen LogP contribution in [0.3, 0.4) is 0 Å². The summed E-state index contributed by atoms with van der Waals surface area (Å²) in [4.78, 5) is 0. The molecule has 2 atom stereocenters. The van der Waals surface area contributed by atoms with Crippen molar-refractivity contribution in [3.63, 3.8) is 0 Å². The van der Waals surface area contributed by atoms with E-state index in [9.17, 15) is 5.11 Å². The average molecular weight is 567 g/mol. The molecule has 0 rings (SSSR count). The van der Waals surface area contributed by atoms with Gasteiger partial charge in [0.15, 0.2) is 0 Å². The Morgan fingerprint density at radius 2 is 0.925 bits per heavy atom. The van der Waals surface area contributed by atoms with Crippen molar-refractivity contribution in [3.8, 4) is 0 Å². The summed E-state index contributed by atoms with van der Waals surface area (Å²) in [5, 5.41) is 9.90. The maximum atomic E-state index is 9.90. The second kappa shape index (κ2) is 34.8. The molecule has 0 fully saturated rings. The van der Waals surface area contributed by atoms with Gasteiger partial charge in [0.05, 0.1) is 19.3 Å². The normalized spacial score (nSPS) is 13.4. The van der Waals surface area contributed by atoms with Crippen LogP contribution in [-0.4, -0.2) is 37.1 Å². The minimum atomic E-state index is -0.189. The molecule has 2 unspecified atom stereocenters. The van der Waals surface area contributed by atoms with Crippen LogP contribution >= 0.6 is 0 Å². The van der Waals surface area contributed by atoms with Crippen LogP contribution in [0, 0.1) is 0 Å². The van der Waals surface area contributed by atoms with E-state index in [2.05, 4.69) is 32.9 Å². The molecule has 3 heteroatoms. The number of ether oxygens (including phenoxy) is 2. The number of unbranched alkanes of at least 4 members (excludes halogenated alkanes) is 21. The molecule has 0 radical (unpaired) electrons. The number of hydrogen-bond acceptors (Lipinski definition) is 3. The van der Waals surface area contributed by atoms with Crippen molar-refractivity contribution >= 4 is 0 Å². The molecule has 0 spiro atoms. The fraction of sp³-hybridized carbons (Fsp3) is 0.946. The molecule has 0 aliphatic rings. The van der Waals surface area contributed by atoms with E-state index < -0.39 is 0 Å². The monoisotopic (exact) mass is 567 g/mol. The van der Waals surface area contributed by atoms with Crippen molar-refractivity contribution in [3.05, 3.63) is 12.2 Å². The molecular weight excluding hydrogens is 492 g/mol. The van der Waals surface area contributed by atoms with E-state index in [1.807, 2.05) is 0 Å². The molecule has 0 heterocycles. The Balaban J connectivity index is 3.84. The van der Waals surface area contributed by atoms with E-state index in [-0.39, 0.29) is 18.8 Å². The van der Waals surface area contributed by atoms with Crippen molar-refractivity contribution in [2.45, 2.75) is 206 Å². The minimum absolute atomic E-state index is 0.0525. The summed E-state index contributed by atoms with van der Waals surface area (Å²) in [5.74, 6) is 0. The van der Waals surface area contributed by atoms with E-state index in [0.29, 0.717) is 6.61 Å². The molecule has 0 aliphatic carbocycles. The molecule has 0 saturated heterocycles. The zero-order valence-corrected chi connectivity index (χ0v) is 27.8. The van der Waals surface area contributed by atoms with Gasteiger partial charge in [0.1, 0.15) is 6.10 Å². The van der Waals surface area contributed by atoms with Gasteiger partial charge in [-0.3, -0.25) is 0 Å². The van der Waals surface area contributed by atoms with Crippen molar-refractivity contribution in [2.75, 3.05) is 19.8 Å². The van der Waals surface area contributed by atoms with Gasteiger partial charge in [0.2, 0.25) is 0 Å². The zero-order chi connectivity index (χ0) is 29.2. The van der Waals surface area contributed by atoms with Gasteiger partial charge in [-0.25, -0.2) is 0 Å². The topological polar surface area (TPSA) is 38.7 Å². The standard InChI is InChI=1S/C37H74O3/c1-4-7-10-12-14-16-18-19-20-21-23-25-27-30-33-39-35-37(34-38)40-36(31-28-9-6-3)32-29-26-24-22-17-15-13-11-8-5-2/h24,26,36-38H,4-23,25,27-35H2,1-3H3/b26-24-. The maximum Gasteiger partial charge on any atom is 0.104 e. The summed E-state index contributed by atoms with van der Waals surface area (Å²) >= 11 is 0. The van der Waals surface area contributed by atoms with Gasteiger partial charge in [-0.15, -0.1) is 0 Å². The first-order valence-corrected chi connectivity index (χ1v) is 18.3. The molecule has 0 amide bonds. The summed E-state index contributed by atoms with van der Waals surface area (Å²) in [6, 6.07) is 0. The Kier molecular flexibility index (Phi) is 34.5. The smallest absolute Gasteiger partial charge is 0.104 e. The van der Waals surface area contributed by atoms with Crippen molar-refractivity contribution in [2.24, 2.45) is 0 Å². The Hall–Kier alpha value is -0.380. The highest BCUT2D eigenvalue weighted by atomic mass is 16.5. The molecule has 0 aromatic heterocycles. The average Bonchev–Trinajstić information content (AvgIpc) is 2.97. The van der Waals surface area contributed by atoms with E-state index >= 15 is 0 Å². The summed E-state index contributed by atoms with van der Waals surface area (Å²) in [5.41, 5.74) is 0. The number of hydrogen-bond donors (Lipinski definition) is 1. The van der Waals surface area contributed by atoms with Gasteiger partial charge in [-0.2, -0.15) is 0 Å². The lowest BCUT2D eigenvalue weighted by Gasteiger charge is -2.23. The first-order valence-electron chi connectivity index (χ1n) is 18.3. The highest BCUT2D eigenvalue weighted by Gasteiger charge is 2.16. The predicted octanol–water partition coefficient (Wildman–Crippen LogP) is 11.9. The fourth-order valence-electron chi connectivity index (χ4n) is 5.48. The summed E-state index contributed by atoms with van der Waals surface area (Å²) in [7, 11) is 0. The van der Waals surface area contributed by atoms with Gasteiger partial charge < -0.3 is 14.6 Å². The largest absolute Gasteiger partial charge is 0.394 e. The Labute approximate surface area is 252 Å². The molecule has 0 aromatic rings. The lowest BCUT2D eigenvalue weighted by Crippen LogP contribution is -2.30. The first kappa shape index (κ1) is 39.6. The number of rotatable bonds is 34. The highest BCUT2D eigenvalue weighted by Crippen LogP contribution is 2.17. The summed E-state index contributed by atoms with van der Waals surface area (Å²) < 4.78 is 12.3. The third kappa shape index (κ3) is 30.6. The van der Waals surface area contributed by atoms with E-state index in [0.717, 1.165) is 32.3 Å². The van der Waals surface area contributed by atoms with Crippen molar-refractivity contribution in [1.82, 2.24) is 0 Å². The van der Waals surface area contributed by atoms with Crippen molar-refractivity contribution < 1.29 is 14.6 Å². The van der Waals surface area contributed by atoms with Gasteiger partial charge in [-0.05, 0) is 38.5 Å². The van der Waals surface area contributed by atoms with Gasteiger partial charge in [0, 0.05) is 6.61 Å². The third-order valence-corrected chi connectivity index (χ3v) is 8.21. The predicted molar refractivity (Wildman–Crippen MR) is 177 cm³/mol. The molecule has 0 aliphatic heterocycles. The molecule has 0 bridgehead atoms. The van der Waals surface area contributed by atoms with Crippen LogP contribution in [0.1, 0.15) is 194 Å². The number of allylic oxidation sites excluding steroid dienone is 2. The zero-order valence-electron chi connectivity index (χ0n) is 27.8. The molecular formula is C37H74O3. The van der Waals surface area contributed by atoms with Gasteiger partial charge in [-0.1, -0.05) is 168 Å². The van der Waals surface area contributed by atoms with E-state index in [1.165, 1.54) is 148 Å². The number of aliphatic hydroxyl groups is 1. The quantitative estimate of drug-likeness (QED) is 0.0622. The Bertz CT molecular complexity index is 478. The Morgan fingerprint density at radius 1 is 0.475 bits per heavy atom. The van der Waals surface area contributed by atoms with Crippen molar-refractivity contribution in [1.29, 1.82) is 0 Å². The van der Waals surface area contributed by atoms with Crippen LogP contribution in [-0.2, 0) is 9.47 Å². The maximum absolute atomic E-state index is 9.90. The SMILES string of the molecule is CCCCCCCC/C=C\CCC(CCCCC)OC(CO)COCCCCCCCCCCCCCCCC. The van der Waals surface area contributed by atoms with Crippen LogP contribution < -0.4 is 0 Å². The molecule has 1 N–H and O–H groups in total. The van der Waals surface area contributed by atoms with Crippen LogP contribution in [0.15, 0.2) is 12.2 Å².